The van der Waals surface area contributed by atoms with Crippen molar-refractivity contribution in [1.29, 1.82) is 0 Å². The lowest BCUT2D eigenvalue weighted by atomic mass is 10.2. The predicted octanol–water partition coefficient (Wildman–Crippen LogP) is 3.72. The first-order valence-electron chi connectivity index (χ1n) is 5.21. The number of thiophene rings is 1. The zero-order chi connectivity index (χ0) is 12.1. The highest BCUT2D eigenvalue weighted by Crippen LogP contribution is 2.22. The van der Waals surface area contributed by atoms with Gasteiger partial charge in [-0.25, -0.2) is 0 Å². The Kier molecular flexibility index (Phi) is 5.03. The van der Waals surface area contributed by atoms with E-state index in [1.807, 2.05) is 39.1 Å². The fraction of sp³-hybridized carbons (Fsp3) is 0.417. The Bertz CT molecular complexity index is 397. The molecule has 1 rings (SSSR count). The van der Waals surface area contributed by atoms with Gasteiger partial charge in [0, 0.05) is 17.5 Å². The SMILES string of the molecule is CCC=C(C)C(=O)N(C)Cc1ccc(Cl)s1. The molecule has 2 nitrogen and oxygen atoms in total. The van der Waals surface area contributed by atoms with E-state index < -0.39 is 0 Å². The first-order valence-corrected chi connectivity index (χ1v) is 6.40. The lowest BCUT2D eigenvalue weighted by molar-refractivity contribution is -0.126. The van der Waals surface area contributed by atoms with E-state index in [-0.39, 0.29) is 5.91 Å². The highest BCUT2D eigenvalue weighted by atomic mass is 35.5. The molecule has 0 N–H and O–H groups in total. The Hall–Kier alpha value is -0.800. The minimum atomic E-state index is 0.0753. The standard InChI is InChI=1S/C12H16ClNOS/c1-4-5-9(2)12(15)14(3)8-10-6-7-11(13)16-10/h5-7H,4,8H2,1-3H3. The van der Waals surface area contributed by atoms with Gasteiger partial charge in [0.1, 0.15) is 0 Å². The van der Waals surface area contributed by atoms with E-state index >= 15 is 0 Å². The molecule has 0 aliphatic rings. The second-order valence-electron chi connectivity index (χ2n) is 3.66. The number of amides is 1. The van der Waals surface area contributed by atoms with Crippen molar-refractivity contribution < 1.29 is 4.79 Å². The quantitative estimate of drug-likeness (QED) is 0.753. The Morgan fingerprint density at radius 2 is 2.25 bits per heavy atom. The van der Waals surface area contributed by atoms with Crippen LogP contribution >= 0.6 is 22.9 Å². The summed E-state index contributed by atoms with van der Waals surface area (Å²) in [6, 6.07) is 3.81. The number of nitrogens with zero attached hydrogens (tertiary/aromatic N) is 1. The molecule has 0 saturated heterocycles. The average Bonchev–Trinajstić information content (AvgIpc) is 2.63. The third-order valence-corrected chi connectivity index (χ3v) is 3.43. The molecule has 0 aromatic carbocycles. The van der Waals surface area contributed by atoms with Crippen LogP contribution in [0.25, 0.3) is 0 Å². The van der Waals surface area contributed by atoms with Gasteiger partial charge >= 0.3 is 0 Å². The van der Waals surface area contributed by atoms with Crippen molar-refractivity contribution in [2.75, 3.05) is 7.05 Å². The molecule has 0 radical (unpaired) electrons. The molecule has 88 valence electrons. The van der Waals surface area contributed by atoms with Gasteiger partial charge in [0.2, 0.25) is 5.91 Å². The largest absolute Gasteiger partial charge is 0.337 e. The Morgan fingerprint density at radius 3 is 2.75 bits per heavy atom. The van der Waals surface area contributed by atoms with Gasteiger partial charge in [-0.3, -0.25) is 4.79 Å². The summed E-state index contributed by atoms with van der Waals surface area (Å²) in [6.07, 6.45) is 2.83. The second kappa shape index (κ2) is 6.06. The highest BCUT2D eigenvalue weighted by molar-refractivity contribution is 7.16. The average molecular weight is 258 g/mol. The van der Waals surface area contributed by atoms with E-state index in [0.717, 1.165) is 21.2 Å². The molecule has 1 aromatic heterocycles. The van der Waals surface area contributed by atoms with Crippen LogP contribution in [-0.2, 0) is 11.3 Å². The Labute approximate surface area is 106 Å². The molecule has 0 aliphatic carbocycles. The number of carbonyl (C=O) groups is 1. The van der Waals surface area contributed by atoms with Gasteiger partial charge in [-0.2, -0.15) is 0 Å². The number of hydrogen-bond donors (Lipinski definition) is 0. The predicted molar refractivity (Wildman–Crippen MR) is 69.9 cm³/mol. The van der Waals surface area contributed by atoms with E-state index in [9.17, 15) is 4.79 Å². The minimum absolute atomic E-state index is 0.0753. The molecule has 0 saturated carbocycles. The number of allylic oxidation sites excluding steroid dienone is 1. The van der Waals surface area contributed by atoms with Crippen LogP contribution in [0.3, 0.4) is 0 Å². The van der Waals surface area contributed by atoms with Crippen LogP contribution in [0.2, 0.25) is 4.34 Å². The number of halogens is 1. The van der Waals surface area contributed by atoms with E-state index in [1.165, 1.54) is 11.3 Å². The number of likely N-dealkylation sites (N-methyl/N-ethyl adjacent to an activating group) is 1. The summed E-state index contributed by atoms with van der Waals surface area (Å²) in [5.41, 5.74) is 0.799. The fourth-order valence-corrected chi connectivity index (χ4v) is 2.58. The summed E-state index contributed by atoms with van der Waals surface area (Å²) in [6.45, 7) is 4.49. The first-order chi connectivity index (χ1) is 7.54. The maximum absolute atomic E-state index is 11.9. The number of carbonyl (C=O) groups excluding carboxylic acids is 1. The summed E-state index contributed by atoms with van der Waals surface area (Å²) in [7, 11) is 1.81. The van der Waals surface area contributed by atoms with Gasteiger partial charge in [0.05, 0.1) is 10.9 Å². The van der Waals surface area contributed by atoms with Gasteiger partial charge in [-0.15, -0.1) is 11.3 Å². The molecule has 4 heteroatoms. The third-order valence-electron chi connectivity index (χ3n) is 2.22. The van der Waals surface area contributed by atoms with Gasteiger partial charge in [-0.05, 0) is 25.5 Å². The molecule has 1 aromatic rings. The monoisotopic (exact) mass is 257 g/mol. The van der Waals surface area contributed by atoms with Crippen LogP contribution in [0.15, 0.2) is 23.8 Å². The molecule has 0 aliphatic heterocycles. The van der Waals surface area contributed by atoms with Crippen molar-refractivity contribution in [2.45, 2.75) is 26.8 Å². The lowest BCUT2D eigenvalue weighted by Crippen LogP contribution is -2.26. The zero-order valence-electron chi connectivity index (χ0n) is 9.79. The van der Waals surface area contributed by atoms with Crippen molar-refractivity contribution >= 4 is 28.8 Å². The number of hydrogen-bond acceptors (Lipinski definition) is 2. The van der Waals surface area contributed by atoms with Crippen LogP contribution in [0.1, 0.15) is 25.1 Å². The van der Waals surface area contributed by atoms with Gasteiger partial charge in [-0.1, -0.05) is 24.6 Å². The summed E-state index contributed by atoms with van der Waals surface area (Å²) in [5.74, 6) is 0.0753. The smallest absolute Gasteiger partial charge is 0.249 e. The van der Waals surface area contributed by atoms with E-state index in [0.29, 0.717) is 6.54 Å². The van der Waals surface area contributed by atoms with Crippen molar-refractivity contribution in [3.05, 3.63) is 33.0 Å². The van der Waals surface area contributed by atoms with Crippen molar-refractivity contribution in [3.8, 4) is 0 Å². The lowest BCUT2D eigenvalue weighted by Gasteiger charge is -2.16. The summed E-state index contributed by atoms with van der Waals surface area (Å²) in [4.78, 5) is 14.7. The zero-order valence-corrected chi connectivity index (χ0v) is 11.4. The van der Waals surface area contributed by atoms with E-state index in [1.54, 1.807) is 4.90 Å². The topological polar surface area (TPSA) is 20.3 Å². The first kappa shape index (κ1) is 13.3. The van der Waals surface area contributed by atoms with Gasteiger partial charge in [0.15, 0.2) is 0 Å². The van der Waals surface area contributed by atoms with Crippen molar-refractivity contribution in [2.24, 2.45) is 0 Å². The fourth-order valence-electron chi connectivity index (χ4n) is 1.44. The normalized spacial score (nSPS) is 11.6. The maximum Gasteiger partial charge on any atom is 0.249 e. The molecule has 0 fully saturated rings. The molecule has 0 unspecified atom stereocenters. The van der Waals surface area contributed by atoms with E-state index in [2.05, 4.69) is 0 Å². The molecule has 0 bridgehead atoms. The summed E-state index contributed by atoms with van der Waals surface area (Å²) < 4.78 is 0.761. The van der Waals surface area contributed by atoms with Crippen LogP contribution < -0.4 is 0 Å². The van der Waals surface area contributed by atoms with Gasteiger partial charge in [0.25, 0.3) is 0 Å². The molecule has 1 amide bonds. The molecular formula is C12H16ClNOS. The van der Waals surface area contributed by atoms with Crippen molar-refractivity contribution in [3.63, 3.8) is 0 Å². The highest BCUT2D eigenvalue weighted by Gasteiger charge is 2.11. The van der Waals surface area contributed by atoms with Crippen LogP contribution in [-0.4, -0.2) is 17.9 Å². The summed E-state index contributed by atoms with van der Waals surface area (Å²) >= 11 is 7.35. The van der Waals surface area contributed by atoms with Crippen molar-refractivity contribution in [1.82, 2.24) is 4.90 Å². The maximum atomic E-state index is 11.9. The molecule has 0 atom stereocenters. The third kappa shape index (κ3) is 3.65. The molecule has 16 heavy (non-hydrogen) atoms. The van der Waals surface area contributed by atoms with Crippen LogP contribution in [0.4, 0.5) is 0 Å². The van der Waals surface area contributed by atoms with Crippen LogP contribution in [0, 0.1) is 0 Å². The summed E-state index contributed by atoms with van der Waals surface area (Å²) in [5, 5.41) is 0. The minimum Gasteiger partial charge on any atom is -0.337 e. The second-order valence-corrected chi connectivity index (χ2v) is 5.46. The molecule has 0 spiro atoms. The van der Waals surface area contributed by atoms with Gasteiger partial charge < -0.3 is 4.90 Å². The molecular weight excluding hydrogens is 242 g/mol. The number of rotatable bonds is 4. The Morgan fingerprint density at radius 1 is 1.56 bits per heavy atom. The van der Waals surface area contributed by atoms with E-state index in [4.69, 9.17) is 11.6 Å². The molecule has 1 heterocycles. The van der Waals surface area contributed by atoms with Crippen LogP contribution in [0.5, 0.6) is 0 Å². The Balaban J connectivity index is 2.62.